The van der Waals surface area contributed by atoms with Gasteiger partial charge in [-0.05, 0) is 12.8 Å². The van der Waals surface area contributed by atoms with Gasteiger partial charge in [-0.1, -0.05) is 57.5 Å². The second-order valence-electron chi connectivity index (χ2n) is 3.47. The first kappa shape index (κ1) is 11.3. The molecule has 0 heterocycles. The van der Waals surface area contributed by atoms with Gasteiger partial charge in [0.2, 0.25) is 0 Å². The maximum Gasteiger partial charge on any atom is 0.0586 e. The number of hydrogen-bond donors (Lipinski definition) is 0. The van der Waals surface area contributed by atoms with Crippen LogP contribution in [0.2, 0.25) is 0 Å². The van der Waals surface area contributed by atoms with Crippen molar-refractivity contribution >= 4 is 43.5 Å². The van der Waals surface area contributed by atoms with Gasteiger partial charge in [0, 0.05) is 9.65 Å². The summed E-state index contributed by atoms with van der Waals surface area (Å²) in [5.41, 5.74) is 0. The molecule has 0 nitrogen and oxygen atoms in total. The Morgan fingerprint density at radius 1 is 0.833 bits per heavy atom. The zero-order valence-electron chi connectivity index (χ0n) is 7.11. The van der Waals surface area contributed by atoms with Crippen LogP contribution in [-0.2, 0) is 0 Å². The Morgan fingerprint density at radius 2 is 1.25 bits per heavy atom. The van der Waals surface area contributed by atoms with E-state index in [9.17, 15) is 0 Å². The van der Waals surface area contributed by atoms with Gasteiger partial charge >= 0.3 is 0 Å². The first-order valence-electron chi connectivity index (χ1n) is 4.64. The summed E-state index contributed by atoms with van der Waals surface area (Å²) in [4.78, 5) is 0.975. The molecule has 3 heteroatoms. The van der Waals surface area contributed by atoms with Crippen LogP contribution in [0.3, 0.4) is 0 Å². The van der Waals surface area contributed by atoms with Crippen LogP contribution in [0.15, 0.2) is 0 Å². The van der Waals surface area contributed by atoms with Gasteiger partial charge in [-0.15, -0.1) is 11.6 Å². The minimum atomic E-state index is 0.253. The summed E-state index contributed by atoms with van der Waals surface area (Å²) in [5.74, 6) is 0. The monoisotopic (exact) mass is 316 g/mol. The molecule has 1 aliphatic carbocycles. The molecule has 1 fully saturated rings. The molecule has 0 aromatic rings. The smallest absolute Gasteiger partial charge is 0.0586 e. The van der Waals surface area contributed by atoms with E-state index < -0.39 is 0 Å². The van der Waals surface area contributed by atoms with Gasteiger partial charge in [-0.2, -0.15) is 0 Å². The molecule has 2 unspecified atom stereocenters. The van der Waals surface area contributed by atoms with Gasteiger partial charge in [-0.25, -0.2) is 0 Å². The Hall–Kier alpha value is 1.25. The van der Waals surface area contributed by atoms with E-state index in [-0.39, 0.29) is 5.38 Å². The fraction of sp³-hybridized carbons (Fsp3) is 1.00. The average Bonchev–Trinajstić information content (AvgIpc) is 2.12. The molecule has 72 valence electrons. The summed E-state index contributed by atoms with van der Waals surface area (Å²) in [6, 6.07) is 0. The average molecular weight is 318 g/mol. The van der Waals surface area contributed by atoms with Crippen molar-refractivity contribution in [2.75, 3.05) is 0 Å². The van der Waals surface area contributed by atoms with Crippen molar-refractivity contribution in [2.45, 2.75) is 53.6 Å². The van der Waals surface area contributed by atoms with Gasteiger partial charge in [0.15, 0.2) is 0 Å². The van der Waals surface area contributed by atoms with Crippen LogP contribution < -0.4 is 0 Å². The van der Waals surface area contributed by atoms with E-state index in [0.717, 1.165) is 0 Å². The Labute approximate surface area is 96.7 Å². The second-order valence-corrected chi connectivity index (χ2v) is 6.32. The molecule has 2 atom stereocenters. The Balaban J connectivity index is 2.44. The SMILES string of the molecule is ClC1C(Br)CCCCCCC1Br. The molecule has 1 rings (SSSR count). The van der Waals surface area contributed by atoms with Crippen LogP contribution in [-0.4, -0.2) is 15.0 Å². The highest BCUT2D eigenvalue weighted by molar-refractivity contribution is 9.10. The van der Waals surface area contributed by atoms with Gasteiger partial charge in [0.05, 0.1) is 5.38 Å². The van der Waals surface area contributed by atoms with E-state index in [0.29, 0.717) is 9.65 Å². The zero-order chi connectivity index (χ0) is 8.97. The predicted molar refractivity (Wildman–Crippen MR) is 62.8 cm³/mol. The zero-order valence-corrected chi connectivity index (χ0v) is 11.0. The van der Waals surface area contributed by atoms with Crippen molar-refractivity contribution in [3.8, 4) is 0 Å². The Bertz CT molecular complexity index is 116. The maximum absolute atomic E-state index is 6.27. The highest BCUT2D eigenvalue weighted by Crippen LogP contribution is 2.30. The predicted octanol–water partition coefficient (Wildman–Crippen LogP) is 4.48. The van der Waals surface area contributed by atoms with E-state index in [4.69, 9.17) is 11.6 Å². The van der Waals surface area contributed by atoms with E-state index in [1.54, 1.807) is 0 Å². The largest absolute Gasteiger partial charge is 0.121 e. The summed E-state index contributed by atoms with van der Waals surface area (Å²) in [5, 5.41) is 0.253. The molecule has 0 spiro atoms. The highest BCUT2D eigenvalue weighted by Gasteiger charge is 2.24. The molecule has 1 aliphatic rings. The molecule has 0 aromatic carbocycles. The molecule has 0 radical (unpaired) electrons. The summed E-state index contributed by atoms with van der Waals surface area (Å²) in [7, 11) is 0. The van der Waals surface area contributed by atoms with Crippen molar-refractivity contribution in [1.29, 1.82) is 0 Å². The van der Waals surface area contributed by atoms with Crippen LogP contribution in [0, 0.1) is 0 Å². The third-order valence-electron chi connectivity index (χ3n) is 2.40. The fourth-order valence-corrected chi connectivity index (χ4v) is 3.62. The molecule has 0 aromatic heterocycles. The first-order chi connectivity index (χ1) is 5.72. The lowest BCUT2D eigenvalue weighted by Gasteiger charge is -2.19. The number of rotatable bonds is 0. The van der Waals surface area contributed by atoms with Crippen LogP contribution in [0.25, 0.3) is 0 Å². The van der Waals surface area contributed by atoms with E-state index in [1.165, 1.54) is 38.5 Å². The highest BCUT2D eigenvalue weighted by atomic mass is 79.9. The van der Waals surface area contributed by atoms with Crippen LogP contribution >= 0.6 is 43.5 Å². The molecular formula is C9H15Br2Cl. The standard InChI is InChI=1S/C9H15Br2Cl/c10-7-5-3-1-2-4-6-8(11)9(7)12/h7-9H,1-6H2. The molecular weight excluding hydrogens is 303 g/mol. The molecule has 0 aliphatic heterocycles. The third kappa shape index (κ3) is 3.55. The minimum absolute atomic E-state index is 0.253. The van der Waals surface area contributed by atoms with Crippen molar-refractivity contribution in [1.82, 2.24) is 0 Å². The summed E-state index contributed by atoms with van der Waals surface area (Å²) in [6.45, 7) is 0. The van der Waals surface area contributed by atoms with Crippen LogP contribution in [0.1, 0.15) is 38.5 Å². The normalized spacial score (nSPS) is 39.8. The lowest BCUT2D eigenvalue weighted by molar-refractivity contribution is 0.630. The second kappa shape index (κ2) is 5.87. The maximum atomic E-state index is 6.27. The van der Waals surface area contributed by atoms with E-state index >= 15 is 0 Å². The van der Waals surface area contributed by atoms with Gasteiger partial charge in [-0.3, -0.25) is 0 Å². The van der Waals surface area contributed by atoms with Crippen molar-refractivity contribution in [2.24, 2.45) is 0 Å². The van der Waals surface area contributed by atoms with Gasteiger partial charge < -0.3 is 0 Å². The molecule has 0 amide bonds. The lowest BCUT2D eigenvalue weighted by atomic mass is 10.1. The Morgan fingerprint density at radius 3 is 1.67 bits per heavy atom. The van der Waals surface area contributed by atoms with E-state index in [1.807, 2.05) is 0 Å². The molecule has 12 heavy (non-hydrogen) atoms. The summed E-state index contributed by atoms with van der Waals surface area (Å²) in [6.07, 6.45) is 7.81. The fourth-order valence-electron chi connectivity index (χ4n) is 1.58. The third-order valence-corrected chi connectivity index (χ3v) is 5.67. The molecule has 0 saturated heterocycles. The van der Waals surface area contributed by atoms with Gasteiger partial charge in [0.1, 0.15) is 0 Å². The first-order valence-corrected chi connectivity index (χ1v) is 6.91. The molecule has 0 bridgehead atoms. The summed E-state index contributed by atoms with van der Waals surface area (Å²) >= 11 is 13.6. The van der Waals surface area contributed by atoms with Gasteiger partial charge in [0.25, 0.3) is 0 Å². The van der Waals surface area contributed by atoms with Crippen LogP contribution in [0.5, 0.6) is 0 Å². The van der Waals surface area contributed by atoms with Crippen molar-refractivity contribution in [3.05, 3.63) is 0 Å². The lowest BCUT2D eigenvalue weighted by Crippen LogP contribution is -2.24. The minimum Gasteiger partial charge on any atom is -0.121 e. The number of halogens is 3. The number of alkyl halides is 3. The number of hydrogen-bond acceptors (Lipinski definition) is 0. The van der Waals surface area contributed by atoms with Crippen molar-refractivity contribution < 1.29 is 0 Å². The topological polar surface area (TPSA) is 0 Å². The Kier molecular flexibility index (Phi) is 5.54. The van der Waals surface area contributed by atoms with Crippen molar-refractivity contribution in [3.63, 3.8) is 0 Å². The molecule has 0 N–H and O–H groups in total. The quantitative estimate of drug-likeness (QED) is 0.578. The van der Waals surface area contributed by atoms with Crippen LogP contribution in [0.4, 0.5) is 0 Å². The molecule has 1 saturated carbocycles. The van der Waals surface area contributed by atoms with E-state index in [2.05, 4.69) is 31.9 Å². The summed E-state index contributed by atoms with van der Waals surface area (Å²) < 4.78 is 0.